The van der Waals surface area contributed by atoms with Crippen LogP contribution in [0.3, 0.4) is 0 Å². The number of carboxylic acid groups (broad SMARTS) is 1. The number of aromatic carboxylic acids is 1. The van der Waals surface area contributed by atoms with Gasteiger partial charge in [-0.15, -0.1) is 11.3 Å². The van der Waals surface area contributed by atoms with Crippen molar-refractivity contribution in [2.24, 2.45) is 11.7 Å². The van der Waals surface area contributed by atoms with Gasteiger partial charge in [0.2, 0.25) is 5.91 Å². The van der Waals surface area contributed by atoms with Crippen molar-refractivity contribution in [1.29, 1.82) is 0 Å². The molecule has 18 heavy (non-hydrogen) atoms. The number of thiazole rings is 1. The molecule has 0 saturated heterocycles. The van der Waals surface area contributed by atoms with Crippen LogP contribution >= 0.6 is 11.3 Å². The zero-order valence-corrected chi connectivity index (χ0v) is 11.4. The molecule has 7 heteroatoms. The van der Waals surface area contributed by atoms with Gasteiger partial charge in [-0.3, -0.25) is 4.79 Å². The quantitative estimate of drug-likeness (QED) is 0.733. The van der Waals surface area contributed by atoms with Gasteiger partial charge in [0, 0.05) is 0 Å². The molecule has 0 spiro atoms. The predicted molar refractivity (Wildman–Crippen MR) is 68.5 cm³/mol. The van der Waals surface area contributed by atoms with Crippen LogP contribution in [0.5, 0.6) is 0 Å². The molecule has 1 rings (SSSR count). The molecule has 0 aromatic carbocycles. The van der Waals surface area contributed by atoms with Crippen LogP contribution in [-0.4, -0.2) is 28.0 Å². The molecule has 0 saturated carbocycles. The largest absolute Gasteiger partial charge is 0.477 e. The van der Waals surface area contributed by atoms with Gasteiger partial charge in [-0.25, -0.2) is 9.78 Å². The molecule has 1 heterocycles. The summed E-state index contributed by atoms with van der Waals surface area (Å²) in [5, 5.41) is 12.1. The first-order valence-electron chi connectivity index (χ1n) is 5.55. The number of carboxylic acids is 1. The van der Waals surface area contributed by atoms with E-state index in [-0.39, 0.29) is 23.2 Å². The first kappa shape index (κ1) is 14.6. The first-order chi connectivity index (χ1) is 8.32. The normalized spacial score (nSPS) is 12.5. The smallest absolute Gasteiger partial charge is 0.347 e. The third-order valence-electron chi connectivity index (χ3n) is 2.47. The summed E-state index contributed by atoms with van der Waals surface area (Å²) in [7, 11) is 0. The summed E-state index contributed by atoms with van der Waals surface area (Å²) in [6.07, 6.45) is 0. The van der Waals surface area contributed by atoms with Crippen molar-refractivity contribution in [2.45, 2.75) is 33.4 Å². The van der Waals surface area contributed by atoms with Crippen molar-refractivity contribution in [3.8, 4) is 0 Å². The second-order valence-electron chi connectivity index (χ2n) is 4.31. The number of nitrogens with zero attached hydrogens (tertiary/aromatic N) is 1. The highest BCUT2D eigenvalue weighted by Gasteiger charge is 2.18. The van der Waals surface area contributed by atoms with E-state index in [1.165, 1.54) is 0 Å². The molecule has 1 atom stereocenters. The molecule has 100 valence electrons. The molecule has 0 aliphatic rings. The Morgan fingerprint density at radius 2 is 2.11 bits per heavy atom. The van der Waals surface area contributed by atoms with E-state index in [2.05, 4.69) is 10.3 Å². The maximum absolute atomic E-state index is 11.6. The zero-order valence-electron chi connectivity index (χ0n) is 10.6. The van der Waals surface area contributed by atoms with Crippen molar-refractivity contribution in [3.63, 3.8) is 0 Å². The van der Waals surface area contributed by atoms with Crippen molar-refractivity contribution in [2.75, 3.05) is 0 Å². The van der Waals surface area contributed by atoms with Crippen molar-refractivity contribution >= 4 is 23.2 Å². The van der Waals surface area contributed by atoms with Crippen LogP contribution in [0.4, 0.5) is 0 Å². The van der Waals surface area contributed by atoms with E-state index >= 15 is 0 Å². The van der Waals surface area contributed by atoms with E-state index in [9.17, 15) is 9.59 Å². The average molecular weight is 271 g/mol. The Hall–Kier alpha value is -1.47. The number of carbonyl (C=O) groups excluding carboxylic acids is 1. The highest BCUT2D eigenvalue weighted by Crippen LogP contribution is 2.17. The van der Waals surface area contributed by atoms with Crippen LogP contribution < -0.4 is 11.1 Å². The van der Waals surface area contributed by atoms with Crippen LogP contribution in [0.2, 0.25) is 0 Å². The highest BCUT2D eigenvalue weighted by molar-refractivity contribution is 7.13. The second kappa shape index (κ2) is 5.92. The molecule has 6 nitrogen and oxygen atoms in total. The minimum Gasteiger partial charge on any atom is -0.477 e. The topological polar surface area (TPSA) is 105 Å². The fourth-order valence-electron chi connectivity index (χ4n) is 1.31. The highest BCUT2D eigenvalue weighted by atomic mass is 32.1. The van der Waals surface area contributed by atoms with Gasteiger partial charge in [0.25, 0.3) is 0 Å². The molecule has 0 radical (unpaired) electrons. The van der Waals surface area contributed by atoms with Crippen molar-refractivity contribution in [3.05, 3.63) is 15.6 Å². The lowest BCUT2D eigenvalue weighted by Crippen LogP contribution is -2.43. The number of aryl methyl sites for hydroxylation is 1. The molecular weight excluding hydrogens is 254 g/mol. The lowest BCUT2D eigenvalue weighted by atomic mass is 10.1. The summed E-state index contributed by atoms with van der Waals surface area (Å²) in [6.45, 7) is 5.56. The van der Waals surface area contributed by atoms with Crippen LogP contribution in [0, 0.1) is 12.8 Å². The lowest BCUT2D eigenvalue weighted by Gasteiger charge is -2.14. The van der Waals surface area contributed by atoms with Crippen LogP contribution in [-0.2, 0) is 11.3 Å². The van der Waals surface area contributed by atoms with Crippen LogP contribution in [0.1, 0.15) is 34.2 Å². The molecule has 0 bridgehead atoms. The van der Waals surface area contributed by atoms with Crippen molar-refractivity contribution in [1.82, 2.24) is 10.3 Å². The Labute approximate surface area is 109 Å². The molecule has 1 unspecified atom stereocenters. The molecular formula is C11H17N3O3S. The minimum absolute atomic E-state index is 0.0533. The third-order valence-corrected chi connectivity index (χ3v) is 3.62. The van der Waals surface area contributed by atoms with Gasteiger partial charge in [0.1, 0.15) is 9.88 Å². The van der Waals surface area contributed by atoms with Gasteiger partial charge < -0.3 is 16.2 Å². The number of hydrogen-bond acceptors (Lipinski definition) is 5. The van der Waals surface area contributed by atoms with E-state index in [4.69, 9.17) is 10.8 Å². The van der Waals surface area contributed by atoms with Gasteiger partial charge in [-0.05, 0) is 12.8 Å². The van der Waals surface area contributed by atoms with E-state index in [0.29, 0.717) is 10.7 Å². The summed E-state index contributed by atoms with van der Waals surface area (Å²) >= 11 is 1.06. The Kier molecular flexibility index (Phi) is 4.80. The number of hydrogen-bond donors (Lipinski definition) is 3. The zero-order chi connectivity index (χ0) is 13.9. The number of amides is 1. The van der Waals surface area contributed by atoms with Gasteiger partial charge in [-0.1, -0.05) is 13.8 Å². The molecule has 1 aromatic rings. The van der Waals surface area contributed by atoms with E-state index in [1.807, 2.05) is 13.8 Å². The average Bonchev–Trinajstić information content (AvgIpc) is 2.66. The molecule has 0 aliphatic carbocycles. The molecule has 4 N–H and O–H groups in total. The summed E-state index contributed by atoms with van der Waals surface area (Å²) in [5.74, 6) is -1.20. The molecule has 0 fully saturated rings. The van der Waals surface area contributed by atoms with Crippen molar-refractivity contribution < 1.29 is 14.7 Å². The maximum atomic E-state index is 11.6. The third kappa shape index (κ3) is 3.51. The Bertz CT molecular complexity index is 456. The lowest BCUT2D eigenvalue weighted by molar-refractivity contribution is -0.123. The van der Waals surface area contributed by atoms with Gasteiger partial charge in [-0.2, -0.15) is 0 Å². The van der Waals surface area contributed by atoms with Gasteiger partial charge in [0.15, 0.2) is 0 Å². The summed E-state index contributed by atoms with van der Waals surface area (Å²) in [5.41, 5.74) is 6.15. The Morgan fingerprint density at radius 1 is 1.50 bits per heavy atom. The monoisotopic (exact) mass is 271 g/mol. The van der Waals surface area contributed by atoms with Crippen LogP contribution in [0.25, 0.3) is 0 Å². The van der Waals surface area contributed by atoms with E-state index in [1.54, 1.807) is 6.92 Å². The minimum atomic E-state index is -0.999. The van der Waals surface area contributed by atoms with Crippen LogP contribution in [0.15, 0.2) is 0 Å². The fourth-order valence-corrected chi connectivity index (χ4v) is 2.15. The molecule has 0 aliphatic heterocycles. The summed E-state index contributed by atoms with van der Waals surface area (Å²) < 4.78 is 0. The summed E-state index contributed by atoms with van der Waals surface area (Å²) in [4.78, 5) is 26.7. The Morgan fingerprint density at radius 3 is 2.56 bits per heavy atom. The maximum Gasteiger partial charge on any atom is 0.347 e. The number of rotatable bonds is 5. The van der Waals surface area contributed by atoms with Gasteiger partial charge >= 0.3 is 5.97 Å². The Balaban J connectivity index is 2.62. The number of nitrogens with two attached hydrogens (primary N) is 1. The number of nitrogens with one attached hydrogen (secondary N) is 1. The molecule has 1 aromatic heterocycles. The first-order valence-corrected chi connectivity index (χ1v) is 6.37. The number of aromatic nitrogens is 1. The SMILES string of the molecule is Cc1nc(CNC(=O)C(N)C(C)C)sc1C(=O)O. The molecule has 1 amide bonds. The predicted octanol–water partition coefficient (Wildman–Crippen LogP) is 0.749. The van der Waals surface area contributed by atoms with E-state index < -0.39 is 12.0 Å². The second-order valence-corrected chi connectivity index (χ2v) is 5.40. The van der Waals surface area contributed by atoms with E-state index in [0.717, 1.165) is 11.3 Å². The van der Waals surface area contributed by atoms with Gasteiger partial charge in [0.05, 0.1) is 18.3 Å². The fraction of sp³-hybridized carbons (Fsp3) is 0.545. The standard InChI is InChI=1S/C11H17N3O3S/c1-5(2)8(12)10(15)13-4-7-14-6(3)9(18-7)11(16)17/h5,8H,4,12H2,1-3H3,(H,13,15)(H,16,17). The summed E-state index contributed by atoms with van der Waals surface area (Å²) in [6, 6.07) is -0.565. The number of carbonyl (C=O) groups is 2.